The summed E-state index contributed by atoms with van der Waals surface area (Å²) in [7, 11) is 0. The van der Waals surface area contributed by atoms with Gasteiger partial charge in [-0.1, -0.05) is 11.5 Å². The van der Waals surface area contributed by atoms with E-state index in [2.05, 4.69) is 10.0 Å². The van der Waals surface area contributed by atoms with Crippen LogP contribution in [0.4, 0.5) is 12.9 Å². The van der Waals surface area contributed by atoms with E-state index in [0.717, 1.165) is 0 Å². The largest absolute Gasteiger partial charge is 0.494 e. The Morgan fingerprint density at radius 2 is 2.09 bits per heavy atom. The first-order chi connectivity index (χ1) is 4.98. The summed E-state index contributed by atoms with van der Waals surface area (Å²) >= 11 is 0. The van der Waals surface area contributed by atoms with Crippen LogP contribution in [0.3, 0.4) is 0 Å². The van der Waals surface area contributed by atoms with Crippen molar-refractivity contribution in [3.05, 3.63) is 10.4 Å². The number of hydrogen-bond donors (Lipinski definition) is 1. The van der Waals surface area contributed by atoms with Gasteiger partial charge in [0.05, 0.1) is 0 Å². The normalized spacial score (nSPS) is 13.8. The van der Waals surface area contributed by atoms with Crippen LogP contribution in [0.25, 0.3) is 10.4 Å². The lowest BCUT2D eigenvalue weighted by Crippen LogP contribution is -2.42. The maximum absolute atomic E-state index is 11.7. The van der Waals surface area contributed by atoms with E-state index in [1.807, 2.05) is 0 Å². The Bertz CT molecular complexity index is 162. The third-order valence-corrected chi connectivity index (χ3v) is 1.11. The van der Waals surface area contributed by atoms with E-state index in [1.165, 1.54) is 0 Å². The lowest BCUT2D eigenvalue weighted by Gasteiger charge is -2.21. The molecule has 64 valence electrons. The van der Waals surface area contributed by atoms with Gasteiger partial charge in [-0.05, 0) is 11.5 Å². The minimum absolute atomic E-state index is 0.209. The predicted molar refractivity (Wildman–Crippen MR) is 35.7 cm³/mol. The molecule has 11 heavy (non-hydrogen) atoms. The van der Waals surface area contributed by atoms with Crippen LogP contribution in [0, 0.1) is 0 Å². The van der Waals surface area contributed by atoms with Gasteiger partial charge in [0.2, 0.25) is 0 Å². The first-order valence-corrected chi connectivity index (χ1v) is 2.95. The molecule has 4 nitrogen and oxygen atoms in total. The molecular weight excluding hydrogens is 160 g/mol. The third kappa shape index (κ3) is 4.52. The topological polar surface area (TPSA) is 74.8 Å². The Morgan fingerprint density at radius 3 is 2.45 bits per heavy atom. The van der Waals surface area contributed by atoms with Gasteiger partial charge in [-0.15, -0.1) is 0 Å². The molecule has 0 aliphatic heterocycles. The third-order valence-electron chi connectivity index (χ3n) is 1.11. The highest BCUT2D eigenvalue weighted by molar-refractivity contribution is 6.60. The first-order valence-electron chi connectivity index (χ1n) is 2.95. The van der Waals surface area contributed by atoms with Crippen molar-refractivity contribution < 1.29 is 12.9 Å². The molecule has 0 aromatic heterocycles. The zero-order chi connectivity index (χ0) is 8.91. The zero-order valence-corrected chi connectivity index (χ0v) is 5.62. The quantitative estimate of drug-likeness (QED) is 0.292. The molecule has 1 atom stereocenters. The fraction of sp³-hybridized carbons (Fsp3) is 1.00. The number of halogens is 3. The summed E-state index contributed by atoms with van der Waals surface area (Å²) in [5.74, 6) is -1.83. The minimum Gasteiger partial charge on any atom is -0.448 e. The molecule has 0 heterocycles. The minimum atomic E-state index is -4.99. The summed E-state index contributed by atoms with van der Waals surface area (Å²) in [6, 6.07) is 0. The lowest BCUT2D eigenvalue weighted by atomic mass is 9.78. The molecule has 1 unspecified atom stereocenters. The lowest BCUT2D eigenvalue weighted by molar-refractivity contribution is 0.430. The van der Waals surface area contributed by atoms with Crippen LogP contribution in [0.2, 0.25) is 0 Å². The van der Waals surface area contributed by atoms with Gasteiger partial charge in [-0.3, -0.25) is 0 Å². The molecule has 0 fully saturated rings. The van der Waals surface area contributed by atoms with Gasteiger partial charge in [0.1, 0.15) is 0 Å². The molecule has 0 aromatic carbocycles. The second kappa shape index (κ2) is 4.10. The van der Waals surface area contributed by atoms with Gasteiger partial charge in [-0.25, -0.2) is 0 Å². The Balaban J connectivity index is 3.69. The molecule has 8 heteroatoms. The first kappa shape index (κ1) is 10.1. The van der Waals surface area contributed by atoms with Crippen LogP contribution in [-0.2, 0) is 0 Å². The molecule has 0 spiro atoms. The second-order valence-corrected chi connectivity index (χ2v) is 2.03. The van der Waals surface area contributed by atoms with E-state index < -0.39 is 12.9 Å². The van der Waals surface area contributed by atoms with Crippen LogP contribution >= 0.6 is 0 Å². The smallest absolute Gasteiger partial charge is 0.448 e. The second-order valence-electron chi connectivity index (χ2n) is 2.03. The van der Waals surface area contributed by atoms with E-state index in [9.17, 15) is 12.9 Å². The molecule has 0 aliphatic carbocycles. The standard InChI is InChI=1S/C3H7BF3N4/c5-4(6,7)3(8)1-2-10-11-9/h3H,1-2,8H2/q-1. The van der Waals surface area contributed by atoms with Crippen molar-refractivity contribution in [2.75, 3.05) is 6.54 Å². The van der Waals surface area contributed by atoms with Crippen molar-refractivity contribution in [2.45, 2.75) is 12.4 Å². The molecular formula is C3H7BF3N4-. The monoisotopic (exact) mass is 167 g/mol. The number of rotatable bonds is 4. The van der Waals surface area contributed by atoms with Crippen LogP contribution < -0.4 is 5.73 Å². The molecule has 0 radical (unpaired) electrons. The Kier molecular flexibility index (Phi) is 3.77. The van der Waals surface area contributed by atoms with Gasteiger partial charge in [-0.2, -0.15) is 0 Å². The van der Waals surface area contributed by atoms with Crippen molar-refractivity contribution in [3.8, 4) is 0 Å². The summed E-state index contributed by atoms with van der Waals surface area (Å²) < 4.78 is 35.0. The average molecular weight is 167 g/mol. The van der Waals surface area contributed by atoms with E-state index in [0.29, 0.717) is 0 Å². The van der Waals surface area contributed by atoms with Crippen molar-refractivity contribution in [3.63, 3.8) is 0 Å². The number of azide groups is 1. The molecule has 0 saturated carbocycles. The van der Waals surface area contributed by atoms with Gasteiger partial charge in [0.25, 0.3) is 0 Å². The van der Waals surface area contributed by atoms with Crippen LogP contribution in [0.5, 0.6) is 0 Å². The van der Waals surface area contributed by atoms with Gasteiger partial charge in [0, 0.05) is 11.5 Å². The Morgan fingerprint density at radius 1 is 1.55 bits per heavy atom. The van der Waals surface area contributed by atoms with Crippen LogP contribution in [-0.4, -0.2) is 19.5 Å². The van der Waals surface area contributed by atoms with Gasteiger partial charge < -0.3 is 18.7 Å². The molecule has 0 amide bonds. The van der Waals surface area contributed by atoms with Gasteiger partial charge in [0.15, 0.2) is 0 Å². The molecule has 0 saturated heterocycles. The summed E-state index contributed by atoms with van der Waals surface area (Å²) in [6.45, 7) is -5.20. The average Bonchev–Trinajstić information content (AvgIpc) is 1.86. The SMILES string of the molecule is [N-]=[N+]=NCCC(N)[B-](F)(F)F. The maximum Gasteiger partial charge on any atom is 0.494 e. The number of hydrogen-bond acceptors (Lipinski definition) is 2. The zero-order valence-electron chi connectivity index (χ0n) is 5.62. The molecule has 0 bridgehead atoms. The van der Waals surface area contributed by atoms with E-state index >= 15 is 0 Å². The highest BCUT2D eigenvalue weighted by Gasteiger charge is 2.30. The Hall–Kier alpha value is -0.875. The van der Waals surface area contributed by atoms with E-state index in [1.54, 1.807) is 0 Å². The maximum atomic E-state index is 11.7. The predicted octanol–water partition coefficient (Wildman–Crippen LogP) is 1.40. The van der Waals surface area contributed by atoms with Crippen molar-refractivity contribution in [1.82, 2.24) is 0 Å². The summed E-state index contributed by atoms with van der Waals surface area (Å²) in [6.07, 6.45) is -0.340. The number of nitrogens with zero attached hydrogens (tertiary/aromatic N) is 3. The van der Waals surface area contributed by atoms with E-state index in [-0.39, 0.29) is 13.0 Å². The van der Waals surface area contributed by atoms with Gasteiger partial charge >= 0.3 is 6.98 Å². The fourth-order valence-electron chi connectivity index (χ4n) is 0.441. The van der Waals surface area contributed by atoms with Crippen molar-refractivity contribution in [2.24, 2.45) is 10.8 Å². The summed E-state index contributed by atoms with van der Waals surface area (Å²) in [4.78, 5) is 2.30. The fourth-order valence-corrected chi connectivity index (χ4v) is 0.441. The molecule has 0 aliphatic rings. The van der Waals surface area contributed by atoms with E-state index in [4.69, 9.17) is 11.3 Å². The summed E-state index contributed by atoms with van der Waals surface area (Å²) in [5, 5.41) is 2.94. The molecule has 0 rings (SSSR count). The summed E-state index contributed by atoms with van der Waals surface area (Å²) in [5.41, 5.74) is 12.4. The molecule has 2 N–H and O–H groups in total. The molecule has 0 aromatic rings. The van der Waals surface area contributed by atoms with Crippen LogP contribution in [0.1, 0.15) is 6.42 Å². The van der Waals surface area contributed by atoms with Crippen molar-refractivity contribution in [1.29, 1.82) is 0 Å². The number of nitrogens with two attached hydrogens (primary N) is 1. The Labute approximate surface area is 61.2 Å². The van der Waals surface area contributed by atoms with Crippen LogP contribution in [0.15, 0.2) is 5.11 Å². The van der Waals surface area contributed by atoms with Crippen molar-refractivity contribution >= 4 is 6.98 Å². The highest BCUT2D eigenvalue weighted by Crippen LogP contribution is 2.14. The highest BCUT2D eigenvalue weighted by atomic mass is 19.4.